The van der Waals surface area contributed by atoms with Crippen LogP contribution in [-0.4, -0.2) is 27.9 Å². The number of sulfonamides is 1. The summed E-state index contributed by atoms with van der Waals surface area (Å²) in [4.78, 5) is 0. The third-order valence-corrected chi connectivity index (χ3v) is 2.89. The van der Waals surface area contributed by atoms with Gasteiger partial charge < -0.3 is 9.47 Å². The molecule has 0 heterocycles. The lowest BCUT2D eigenvalue weighted by atomic mass is 10.3. The van der Waals surface area contributed by atoms with E-state index in [9.17, 15) is 8.42 Å². The van der Waals surface area contributed by atoms with Gasteiger partial charge in [0.05, 0.1) is 25.2 Å². The van der Waals surface area contributed by atoms with Crippen molar-refractivity contribution in [3.8, 4) is 11.5 Å². The van der Waals surface area contributed by atoms with Crippen LogP contribution in [0.2, 0.25) is 0 Å². The Kier molecular flexibility index (Phi) is 3.15. The molecule has 5 nitrogen and oxygen atoms in total. The number of hydrogen-bond acceptors (Lipinski definition) is 4. The average molecular weight is 257 g/mol. The molecule has 1 fully saturated rings. The maximum absolute atomic E-state index is 11.2. The second-order valence-electron chi connectivity index (χ2n) is 4.05. The predicted molar refractivity (Wildman–Crippen MR) is 65.1 cm³/mol. The average Bonchev–Trinajstić information content (AvgIpc) is 3.02. The number of ether oxygens (including phenoxy) is 2. The van der Waals surface area contributed by atoms with Crippen LogP contribution < -0.4 is 14.2 Å². The van der Waals surface area contributed by atoms with Crippen LogP contribution in [0.5, 0.6) is 11.5 Å². The molecule has 1 aliphatic rings. The SMILES string of the molecule is COc1ccc(NS(C)(=O)=O)c(OC2CC2)c1. The number of benzene rings is 1. The molecule has 1 saturated carbocycles. The largest absolute Gasteiger partial charge is 0.497 e. The highest BCUT2D eigenvalue weighted by atomic mass is 32.2. The molecular formula is C11H15NO4S. The van der Waals surface area contributed by atoms with Gasteiger partial charge in [0, 0.05) is 6.07 Å². The second kappa shape index (κ2) is 4.44. The van der Waals surface area contributed by atoms with E-state index in [0.29, 0.717) is 17.2 Å². The maximum Gasteiger partial charge on any atom is 0.229 e. The standard InChI is InChI=1S/C11H15NO4S/c1-15-9-5-6-10(12-17(2,13)14)11(7-9)16-8-3-4-8/h5-8,12H,3-4H2,1-2H3. The normalized spacial score (nSPS) is 15.4. The van der Waals surface area contributed by atoms with Gasteiger partial charge in [0.1, 0.15) is 11.5 Å². The minimum Gasteiger partial charge on any atom is -0.497 e. The summed E-state index contributed by atoms with van der Waals surface area (Å²) in [6, 6.07) is 5.01. The fourth-order valence-corrected chi connectivity index (χ4v) is 1.94. The van der Waals surface area contributed by atoms with Crippen LogP contribution in [-0.2, 0) is 10.0 Å². The van der Waals surface area contributed by atoms with Gasteiger partial charge in [-0.2, -0.15) is 0 Å². The molecule has 0 amide bonds. The first-order valence-electron chi connectivity index (χ1n) is 5.30. The minimum atomic E-state index is -3.31. The third kappa shape index (κ3) is 3.52. The molecule has 0 aliphatic heterocycles. The van der Waals surface area contributed by atoms with E-state index in [1.807, 2.05) is 0 Å². The van der Waals surface area contributed by atoms with Gasteiger partial charge >= 0.3 is 0 Å². The lowest BCUT2D eigenvalue weighted by Gasteiger charge is -2.13. The third-order valence-electron chi connectivity index (χ3n) is 2.30. The van der Waals surface area contributed by atoms with Gasteiger partial charge in [-0.25, -0.2) is 8.42 Å². The highest BCUT2D eigenvalue weighted by molar-refractivity contribution is 7.92. The summed E-state index contributed by atoms with van der Waals surface area (Å²) in [5.41, 5.74) is 0.445. The fraction of sp³-hybridized carbons (Fsp3) is 0.455. The van der Waals surface area contributed by atoms with Crippen LogP contribution in [0.3, 0.4) is 0 Å². The minimum absolute atomic E-state index is 0.196. The summed E-state index contributed by atoms with van der Waals surface area (Å²) in [5.74, 6) is 1.15. The molecule has 6 heteroatoms. The Morgan fingerprint density at radius 3 is 2.59 bits per heavy atom. The molecule has 0 bridgehead atoms. The van der Waals surface area contributed by atoms with Crippen LogP contribution in [0.4, 0.5) is 5.69 Å². The number of rotatable bonds is 5. The zero-order valence-corrected chi connectivity index (χ0v) is 10.6. The van der Waals surface area contributed by atoms with E-state index in [2.05, 4.69) is 4.72 Å². The van der Waals surface area contributed by atoms with Crippen LogP contribution >= 0.6 is 0 Å². The Morgan fingerprint density at radius 1 is 1.35 bits per heavy atom. The van der Waals surface area contributed by atoms with Gasteiger partial charge in [-0.1, -0.05) is 0 Å². The molecule has 0 radical (unpaired) electrons. The van der Waals surface area contributed by atoms with Gasteiger partial charge in [0.25, 0.3) is 0 Å². The summed E-state index contributed by atoms with van der Waals surface area (Å²) in [6.45, 7) is 0. The molecule has 0 atom stereocenters. The molecule has 2 rings (SSSR count). The molecule has 1 aromatic rings. The molecule has 0 spiro atoms. The summed E-state index contributed by atoms with van der Waals surface area (Å²) in [7, 11) is -1.75. The summed E-state index contributed by atoms with van der Waals surface area (Å²) < 4.78 is 35.6. The van der Waals surface area contributed by atoms with Crippen molar-refractivity contribution in [1.29, 1.82) is 0 Å². The fourth-order valence-electron chi connectivity index (χ4n) is 1.38. The van der Waals surface area contributed by atoms with E-state index >= 15 is 0 Å². The van der Waals surface area contributed by atoms with Crippen molar-refractivity contribution in [2.24, 2.45) is 0 Å². The van der Waals surface area contributed by atoms with Crippen molar-refractivity contribution in [2.75, 3.05) is 18.1 Å². The van der Waals surface area contributed by atoms with E-state index in [1.165, 1.54) is 0 Å². The highest BCUT2D eigenvalue weighted by Gasteiger charge is 2.25. The first-order chi connectivity index (χ1) is 7.98. The van der Waals surface area contributed by atoms with Gasteiger partial charge in [-0.05, 0) is 25.0 Å². The Balaban J connectivity index is 2.28. The van der Waals surface area contributed by atoms with Crippen molar-refractivity contribution in [2.45, 2.75) is 18.9 Å². The number of anilines is 1. The topological polar surface area (TPSA) is 64.6 Å². The van der Waals surface area contributed by atoms with E-state index in [0.717, 1.165) is 19.1 Å². The monoisotopic (exact) mass is 257 g/mol. The van der Waals surface area contributed by atoms with Crippen LogP contribution in [0.15, 0.2) is 18.2 Å². The predicted octanol–water partition coefficient (Wildman–Crippen LogP) is 1.61. The van der Waals surface area contributed by atoms with E-state index in [-0.39, 0.29) is 6.10 Å². The summed E-state index contributed by atoms with van der Waals surface area (Å²) in [5, 5.41) is 0. The van der Waals surface area contributed by atoms with Crippen molar-refractivity contribution < 1.29 is 17.9 Å². The molecule has 1 N–H and O–H groups in total. The molecule has 1 aliphatic carbocycles. The van der Waals surface area contributed by atoms with Gasteiger partial charge in [-0.3, -0.25) is 4.72 Å². The molecule has 0 aromatic heterocycles. The van der Waals surface area contributed by atoms with Crippen molar-refractivity contribution in [3.63, 3.8) is 0 Å². The van der Waals surface area contributed by atoms with E-state index < -0.39 is 10.0 Å². The van der Waals surface area contributed by atoms with E-state index in [4.69, 9.17) is 9.47 Å². The highest BCUT2D eigenvalue weighted by Crippen LogP contribution is 2.35. The first-order valence-corrected chi connectivity index (χ1v) is 7.19. The number of methoxy groups -OCH3 is 1. The molecule has 1 aromatic carbocycles. The van der Waals surface area contributed by atoms with Crippen LogP contribution in [0.1, 0.15) is 12.8 Å². The molecule has 0 unspecified atom stereocenters. The second-order valence-corrected chi connectivity index (χ2v) is 5.80. The molecule has 17 heavy (non-hydrogen) atoms. The lowest BCUT2D eigenvalue weighted by Crippen LogP contribution is -2.11. The summed E-state index contributed by atoms with van der Waals surface area (Å²) >= 11 is 0. The Bertz CT molecular complexity index is 508. The Hall–Kier alpha value is -1.43. The molecule has 94 valence electrons. The number of nitrogens with one attached hydrogen (secondary N) is 1. The molecular weight excluding hydrogens is 242 g/mol. The lowest BCUT2D eigenvalue weighted by molar-refractivity contribution is 0.302. The zero-order chi connectivity index (χ0) is 12.5. The van der Waals surface area contributed by atoms with Crippen molar-refractivity contribution in [3.05, 3.63) is 18.2 Å². The van der Waals surface area contributed by atoms with Crippen molar-refractivity contribution in [1.82, 2.24) is 0 Å². The molecule has 0 saturated heterocycles. The quantitative estimate of drug-likeness (QED) is 0.870. The maximum atomic E-state index is 11.2. The van der Waals surface area contributed by atoms with E-state index in [1.54, 1.807) is 25.3 Å². The van der Waals surface area contributed by atoms with Crippen LogP contribution in [0.25, 0.3) is 0 Å². The summed E-state index contributed by atoms with van der Waals surface area (Å²) in [6.07, 6.45) is 3.32. The Labute approximate surface area is 101 Å². The first kappa shape index (κ1) is 12.0. The smallest absolute Gasteiger partial charge is 0.229 e. The Morgan fingerprint density at radius 2 is 2.06 bits per heavy atom. The van der Waals surface area contributed by atoms with Gasteiger partial charge in [0.2, 0.25) is 10.0 Å². The van der Waals surface area contributed by atoms with Crippen molar-refractivity contribution >= 4 is 15.7 Å². The van der Waals surface area contributed by atoms with Gasteiger partial charge in [0.15, 0.2) is 0 Å². The van der Waals surface area contributed by atoms with Crippen LogP contribution in [0, 0.1) is 0 Å². The zero-order valence-electron chi connectivity index (χ0n) is 9.76. The number of hydrogen-bond donors (Lipinski definition) is 1. The van der Waals surface area contributed by atoms with Gasteiger partial charge in [-0.15, -0.1) is 0 Å².